The molecule has 3 aromatic heterocycles. The van der Waals surface area contributed by atoms with Crippen molar-refractivity contribution >= 4 is 44.8 Å². The molecule has 0 amide bonds. The van der Waals surface area contributed by atoms with Crippen LogP contribution in [0.3, 0.4) is 0 Å². The minimum absolute atomic E-state index is 0.0106. The fourth-order valence-electron chi connectivity index (χ4n) is 4.09. The number of ether oxygens (including phenoxy) is 1. The Bertz CT molecular complexity index is 1490. The number of benzene rings is 1. The molecule has 1 aliphatic rings. The van der Waals surface area contributed by atoms with Crippen LogP contribution in [0.2, 0.25) is 10.0 Å². The summed E-state index contributed by atoms with van der Waals surface area (Å²) in [5.74, 6) is 0. The molecule has 8 nitrogen and oxygen atoms in total. The Morgan fingerprint density at radius 2 is 2.09 bits per heavy atom. The normalized spacial score (nSPS) is 16.3. The number of halogens is 2. The number of hydrogen-bond acceptors (Lipinski definition) is 7. The quantitative estimate of drug-likeness (QED) is 0.437. The van der Waals surface area contributed by atoms with E-state index in [4.69, 9.17) is 27.9 Å². The minimum atomic E-state index is -0.374. The molecule has 4 aromatic rings. The Morgan fingerprint density at radius 3 is 2.88 bits per heavy atom. The van der Waals surface area contributed by atoms with Crippen molar-refractivity contribution in [1.29, 1.82) is 0 Å². The van der Waals surface area contributed by atoms with Crippen LogP contribution in [0.4, 0.5) is 0 Å². The van der Waals surface area contributed by atoms with Crippen LogP contribution in [-0.4, -0.2) is 44.9 Å². The summed E-state index contributed by atoms with van der Waals surface area (Å²) in [5, 5.41) is 4.41. The summed E-state index contributed by atoms with van der Waals surface area (Å²) >= 11 is 14.5. The van der Waals surface area contributed by atoms with Crippen molar-refractivity contribution in [2.24, 2.45) is 7.05 Å². The lowest BCUT2D eigenvalue weighted by Gasteiger charge is -2.25. The number of nitrogens with one attached hydrogen (secondary N) is 1. The van der Waals surface area contributed by atoms with E-state index >= 15 is 0 Å². The van der Waals surface area contributed by atoms with Gasteiger partial charge in [-0.3, -0.25) is 9.36 Å². The zero-order valence-corrected chi connectivity index (χ0v) is 20.6. The van der Waals surface area contributed by atoms with Crippen LogP contribution < -0.4 is 16.6 Å². The third-order valence-corrected chi connectivity index (χ3v) is 7.44. The number of thiophene rings is 1. The number of morpholine rings is 1. The Morgan fingerprint density at radius 1 is 1.24 bits per heavy atom. The second kappa shape index (κ2) is 9.59. The fraction of sp³-hybridized carbons (Fsp3) is 0.304. The third kappa shape index (κ3) is 4.54. The number of aryl methyl sites for hydroxylation is 1. The first-order valence-corrected chi connectivity index (χ1v) is 12.3. The third-order valence-electron chi connectivity index (χ3n) is 5.77. The van der Waals surface area contributed by atoms with Gasteiger partial charge in [-0.2, -0.15) is 0 Å². The highest BCUT2D eigenvalue weighted by Gasteiger charge is 2.22. The second-order valence-corrected chi connectivity index (χ2v) is 10.1. The van der Waals surface area contributed by atoms with E-state index in [0.717, 1.165) is 39.3 Å². The molecule has 1 atom stereocenters. The van der Waals surface area contributed by atoms with Gasteiger partial charge in [-0.05, 0) is 23.8 Å². The standard InChI is InChI=1S/C23H21Cl2N5O3S/c1-29-4-2-20(31)30(23(29)32)11-15-9-19-22(34-15)21(28-12-27-19)17-6-13(24)7-18(25)16(17)8-14-10-26-3-5-33-14/h2,4,6-7,9,12,14,26H,3,5,8,10-11H2,1H3. The summed E-state index contributed by atoms with van der Waals surface area (Å²) < 4.78 is 9.31. The molecule has 0 aliphatic carbocycles. The molecule has 0 bridgehead atoms. The van der Waals surface area contributed by atoms with Crippen LogP contribution in [-0.2, 0) is 24.8 Å². The first-order valence-electron chi connectivity index (χ1n) is 10.7. The molecule has 176 valence electrons. The summed E-state index contributed by atoms with van der Waals surface area (Å²) in [5.41, 5.74) is 2.43. The highest BCUT2D eigenvalue weighted by molar-refractivity contribution is 7.19. The number of nitrogens with zero attached hydrogens (tertiary/aromatic N) is 4. The van der Waals surface area contributed by atoms with Gasteiger partial charge in [0.1, 0.15) is 6.33 Å². The van der Waals surface area contributed by atoms with Crippen molar-refractivity contribution in [3.63, 3.8) is 0 Å². The molecule has 1 unspecified atom stereocenters. The van der Waals surface area contributed by atoms with Crippen LogP contribution in [0.1, 0.15) is 10.4 Å². The Hall–Kier alpha value is -2.56. The Kier molecular flexibility index (Phi) is 6.54. The maximum absolute atomic E-state index is 12.5. The van der Waals surface area contributed by atoms with Gasteiger partial charge >= 0.3 is 5.69 Å². The maximum Gasteiger partial charge on any atom is 0.331 e. The van der Waals surface area contributed by atoms with Crippen molar-refractivity contribution in [3.8, 4) is 11.3 Å². The second-order valence-electron chi connectivity index (χ2n) is 8.10. The first kappa shape index (κ1) is 23.2. The predicted molar refractivity (Wildman–Crippen MR) is 134 cm³/mol. The molecule has 1 aromatic carbocycles. The number of aromatic nitrogens is 4. The predicted octanol–water partition coefficient (Wildman–Crippen LogP) is 3.10. The van der Waals surface area contributed by atoms with E-state index in [1.807, 2.05) is 12.1 Å². The smallest absolute Gasteiger partial charge is 0.331 e. The molecule has 1 saturated heterocycles. The lowest BCUT2D eigenvalue weighted by Crippen LogP contribution is -2.39. The van der Waals surface area contributed by atoms with Gasteiger partial charge in [-0.25, -0.2) is 14.8 Å². The van der Waals surface area contributed by atoms with Crippen molar-refractivity contribution < 1.29 is 4.74 Å². The molecule has 1 N–H and O–H groups in total. The maximum atomic E-state index is 12.5. The zero-order valence-electron chi connectivity index (χ0n) is 18.3. The lowest BCUT2D eigenvalue weighted by molar-refractivity contribution is 0.0293. The van der Waals surface area contributed by atoms with Crippen molar-refractivity contribution in [1.82, 2.24) is 24.4 Å². The van der Waals surface area contributed by atoms with E-state index in [0.29, 0.717) is 28.8 Å². The molecular formula is C23H21Cl2N5O3S. The van der Waals surface area contributed by atoms with E-state index in [-0.39, 0.29) is 23.9 Å². The molecule has 0 radical (unpaired) electrons. The van der Waals surface area contributed by atoms with Crippen LogP contribution in [0.15, 0.2) is 46.4 Å². The molecule has 5 rings (SSSR count). The summed E-state index contributed by atoms with van der Waals surface area (Å²) in [6.45, 7) is 2.37. The van der Waals surface area contributed by atoms with Gasteiger partial charge in [-0.15, -0.1) is 11.3 Å². The average molecular weight is 518 g/mol. The summed E-state index contributed by atoms with van der Waals surface area (Å²) in [6, 6.07) is 6.85. The van der Waals surface area contributed by atoms with Crippen LogP contribution in [0.5, 0.6) is 0 Å². The lowest BCUT2D eigenvalue weighted by atomic mass is 9.98. The monoisotopic (exact) mass is 517 g/mol. The highest BCUT2D eigenvalue weighted by atomic mass is 35.5. The van der Waals surface area contributed by atoms with Crippen molar-refractivity contribution in [2.75, 3.05) is 19.7 Å². The highest BCUT2D eigenvalue weighted by Crippen LogP contribution is 2.38. The van der Waals surface area contributed by atoms with E-state index in [1.54, 1.807) is 13.1 Å². The topological polar surface area (TPSA) is 91.0 Å². The number of hydrogen-bond donors (Lipinski definition) is 1. The van der Waals surface area contributed by atoms with Crippen LogP contribution in [0, 0.1) is 0 Å². The van der Waals surface area contributed by atoms with Crippen molar-refractivity contribution in [2.45, 2.75) is 19.1 Å². The van der Waals surface area contributed by atoms with Gasteiger partial charge in [0, 0.05) is 59.3 Å². The zero-order chi connectivity index (χ0) is 23.8. The molecule has 0 saturated carbocycles. The van der Waals surface area contributed by atoms with Gasteiger partial charge in [0.05, 0.1) is 35.2 Å². The van der Waals surface area contributed by atoms with Gasteiger partial charge in [0.15, 0.2) is 0 Å². The molecule has 0 spiro atoms. The largest absolute Gasteiger partial charge is 0.375 e. The average Bonchev–Trinajstić information content (AvgIpc) is 3.24. The summed E-state index contributed by atoms with van der Waals surface area (Å²) in [4.78, 5) is 34.6. The van der Waals surface area contributed by atoms with E-state index in [9.17, 15) is 9.59 Å². The molecule has 4 heterocycles. The van der Waals surface area contributed by atoms with Crippen molar-refractivity contribution in [3.05, 3.63) is 78.1 Å². The SMILES string of the molecule is Cn1ccc(=O)n(Cc2cc3ncnc(-c4cc(Cl)cc(Cl)c4CC4CNCCO4)c3s2)c1=O. The molecule has 1 fully saturated rings. The van der Waals surface area contributed by atoms with E-state index in [2.05, 4.69) is 15.3 Å². The Balaban J connectivity index is 1.59. The molecule has 34 heavy (non-hydrogen) atoms. The first-order chi connectivity index (χ1) is 16.4. The van der Waals surface area contributed by atoms with Crippen LogP contribution >= 0.6 is 34.5 Å². The number of fused-ring (bicyclic) bond motifs is 1. The molecule has 1 aliphatic heterocycles. The van der Waals surface area contributed by atoms with Gasteiger partial charge in [0.25, 0.3) is 5.56 Å². The number of rotatable bonds is 5. The Labute approximate surface area is 208 Å². The van der Waals surface area contributed by atoms with Gasteiger partial charge in [0.2, 0.25) is 0 Å². The molecular weight excluding hydrogens is 497 g/mol. The summed E-state index contributed by atoms with van der Waals surface area (Å²) in [6.07, 6.45) is 3.56. The minimum Gasteiger partial charge on any atom is -0.375 e. The fourth-order valence-corrected chi connectivity index (χ4v) is 5.76. The molecule has 11 heteroatoms. The van der Waals surface area contributed by atoms with E-state index < -0.39 is 0 Å². The van der Waals surface area contributed by atoms with Gasteiger partial charge in [-0.1, -0.05) is 23.2 Å². The summed E-state index contributed by atoms with van der Waals surface area (Å²) in [7, 11) is 1.61. The van der Waals surface area contributed by atoms with E-state index in [1.165, 1.54) is 39.1 Å². The van der Waals surface area contributed by atoms with Gasteiger partial charge < -0.3 is 14.6 Å². The van der Waals surface area contributed by atoms with Crippen LogP contribution in [0.25, 0.3) is 21.5 Å².